The highest BCUT2D eigenvalue weighted by atomic mass is 16.4. The molecule has 0 amide bonds. The average Bonchev–Trinajstić information content (AvgIpc) is 2.33. The molecule has 4 N–H and O–H groups in total. The zero-order valence-corrected chi connectivity index (χ0v) is 11.2. The summed E-state index contributed by atoms with van der Waals surface area (Å²) in [5.74, 6) is -9.88. The second-order valence-electron chi connectivity index (χ2n) is 5.11. The minimum absolute atomic E-state index is 0.214. The van der Waals surface area contributed by atoms with Gasteiger partial charge < -0.3 is 20.4 Å². The lowest BCUT2D eigenvalue weighted by molar-refractivity contribution is -0.155. The van der Waals surface area contributed by atoms with E-state index in [2.05, 4.69) is 0 Å². The van der Waals surface area contributed by atoms with E-state index < -0.39 is 54.0 Å². The lowest BCUT2D eigenvalue weighted by Crippen LogP contribution is -2.38. The fraction of sp³-hybridized carbons (Fsp3) is 0.538. The number of carboxylic acid groups (broad SMARTS) is 4. The van der Waals surface area contributed by atoms with Crippen molar-refractivity contribution in [1.82, 2.24) is 0 Å². The van der Waals surface area contributed by atoms with Crippen LogP contribution in [0.4, 0.5) is 0 Å². The third kappa shape index (κ3) is 3.80. The molecule has 0 bridgehead atoms. The quantitative estimate of drug-likeness (QED) is 0.519. The second kappa shape index (κ2) is 6.38. The summed E-state index contributed by atoms with van der Waals surface area (Å²) >= 11 is 0. The monoisotopic (exact) mass is 300 g/mol. The van der Waals surface area contributed by atoms with Crippen molar-refractivity contribution in [3.8, 4) is 0 Å². The molecule has 1 rings (SSSR count). The zero-order valence-electron chi connectivity index (χ0n) is 11.2. The van der Waals surface area contributed by atoms with Gasteiger partial charge in [0, 0.05) is 0 Å². The Morgan fingerprint density at radius 2 is 1.71 bits per heavy atom. The first-order valence-corrected chi connectivity index (χ1v) is 6.23. The molecule has 1 aliphatic rings. The first-order chi connectivity index (χ1) is 9.65. The minimum Gasteiger partial charge on any atom is -0.481 e. The van der Waals surface area contributed by atoms with E-state index in [0.29, 0.717) is 0 Å². The molecule has 0 radical (unpaired) electrons. The van der Waals surface area contributed by atoms with E-state index >= 15 is 0 Å². The average molecular weight is 300 g/mol. The van der Waals surface area contributed by atoms with Crippen molar-refractivity contribution < 1.29 is 39.6 Å². The molecule has 0 aromatic carbocycles. The van der Waals surface area contributed by atoms with Gasteiger partial charge in [0.1, 0.15) is 0 Å². The molecule has 8 heteroatoms. The summed E-state index contributed by atoms with van der Waals surface area (Å²) < 4.78 is 0. The Labute approximate surface area is 119 Å². The van der Waals surface area contributed by atoms with Crippen LogP contribution in [0.3, 0.4) is 0 Å². The van der Waals surface area contributed by atoms with Crippen molar-refractivity contribution in [3.05, 3.63) is 11.6 Å². The third-order valence-corrected chi connectivity index (χ3v) is 3.71. The standard InChI is InChI=1S/C13H16O8/c1-5-2-6(7(11(16)17)4-9(14)15)3-8(12(18)19)10(5)13(20)21/h2,6-8,10H,3-4H2,1H3,(H,14,15)(H,16,17)(H,18,19)(H,20,21). The van der Waals surface area contributed by atoms with E-state index in [1.807, 2.05) is 0 Å². The van der Waals surface area contributed by atoms with Crippen LogP contribution in [0.15, 0.2) is 11.6 Å². The summed E-state index contributed by atoms with van der Waals surface area (Å²) in [6, 6.07) is 0. The fourth-order valence-corrected chi connectivity index (χ4v) is 2.76. The van der Waals surface area contributed by atoms with E-state index in [1.54, 1.807) is 0 Å². The van der Waals surface area contributed by atoms with Gasteiger partial charge in [0.05, 0.1) is 24.2 Å². The molecular weight excluding hydrogens is 284 g/mol. The number of hydrogen-bond acceptors (Lipinski definition) is 4. The Balaban J connectivity index is 3.15. The molecule has 0 saturated carbocycles. The van der Waals surface area contributed by atoms with Crippen molar-refractivity contribution in [2.24, 2.45) is 23.7 Å². The van der Waals surface area contributed by atoms with Gasteiger partial charge in [-0.3, -0.25) is 19.2 Å². The first kappa shape index (κ1) is 16.7. The Kier molecular flexibility index (Phi) is 5.07. The van der Waals surface area contributed by atoms with Gasteiger partial charge in [-0.25, -0.2) is 0 Å². The van der Waals surface area contributed by atoms with Crippen molar-refractivity contribution >= 4 is 23.9 Å². The van der Waals surface area contributed by atoms with Crippen molar-refractivity contribution in [2.75, 3.05) is 0 Å². The number of hydrogen-bond donors (Lipinski definition) is 4. The van der Waals surface area contributed by atoms with E-state index in [-0.39, 0.29) is 12.0 Å². The fourth-order valence-electron chi connectivity index (χ4n) is 2.76. The van der Waals surface area contributed by atoms with Gasteiger partial charge in [-0.05, 0) is 19.3 Å². The van der Waals surface area contributed by atoms with Gasteiger partial charge in [0.15, 0.2) is 0 Å². The molecule has 21 heavy (non-hydrogen) atoms. The van der Waals surface area contributed by atoms with Crippen molar-refractivity contribution in [2.45, 2.75) is 19.8 Å². The highest BCUT2D eigenvalue weighted by Crippen LogP contribution is 2.38. The van der Waals surface area contributed by atoms with E-state index in [4.69, 9.17) is 20.4 Å². The molecule has 0 fully saturated rings. The number of aliphatic carboxylic acids is 4. The minimum atomic E-state index is -1.34. The Morgan fingerprint density at radius 3 is 2.10 bits per heavy atom. The molecule has 0 aromatic heterocycles. The first-order valence-electron chi connectivity index (χ1n) is 6.23. The molecule has 1 aliphatic carbocycles. The number of rotatable bonds is 6. The molecule has 0 saturated heterocycles. The maximum atomic E-state index is 11.2. The van der Waals surface area contributed by atoms with Crippen LogP contribution in [0, 0.1) is 23.7 Å². The maximum Gasteiger partial charge on any atom is 0.311 e. The van der Waals surface area contributed by atoms with E-state index in [9.17, 15) is 19.2 Å². The molecular formula is C13H16O8. The van der Waals surface area contributed by atoms with E-state index in [0.717, 1.165) is 0 Å². The largest absolute Gasteiger partial charge is 0.481 e. The van der Waals surface area contributed by atoms with Crippen LogP contribution in [0.5, 0.6) is 0 Å². The topological polar surface area (TPSA) is 149 Å². The van der Waals surface area contributed by atoms with Gasteiger partial charge in [0.2, 0.25) is 0 Å². The molecule has 0 aromatic rings. The van der Waals surface area contributed by atoms with Crippen LogP contribution < -0.4 is 0 Å². The zero-order chi connectivity index (χ0) is 16.3. The summed E-state index contributed by atoms with van der Waals surface area (Å²) in [4.78, 5) is 44.3. The second-order valence-corrected chi connectivity index (χ2v) is 5.11. The molecule has 0 spiro atoms. The summed E-state index contributed by atoms with van der Waals surface area (Å²) in [5, 5.41) is 36.1. The van der Waals surface area contributed by atoms with Crippen LogP contribution in [-0.4, -0.2) is 44.3 Å². The van der Waals surface area contributed by atoms with E-state index in [1.165, 1.54) is 13.0 Å². The van der Waals surface area contributed by atoms with Gasteiger partial charge in [0.25, 0.3) is 0 Å². The third-order valence-electron chi connectivity index (χ3n) is 3.71. The number of carbonyl (C=O) groups is 4. The number of carboxylic acids is 4. The summed E-state index contributed by atoms with van der Waals surface area (Å²) in [6.07, 6.45) is 0.516. The van der Waals surface area contributed by atoms with Gasteiger partial charge in [-0.2, -0.15) is 0 Å². The van der Waals surface area contributed by atoms with Crippen LogP contribution >= 0.6 is 0 Å². The lowest BCUT2D eigenvalue weighted by atomic mass is 9.70. The predicted octanol–water partition coefficient (Wildman–Crippen LogP) is 0.530. The number of allylic oxidation sites excluding steroid dienone is 1. The van der Waals surface area contributed by atoms with Gasteiger partial charge in [-0.15, -0.1) is 0 Å². The lowest BCUT2D eigenvalue weighted by Gasteiger charge is -2.32. The Morgan fingerprint density at radius 1 is 1.14 bits per heavy atom. The van der Waals surface area contributed by atoms with Crippen LogP contribution in [0.25, 0.3) is 0 Å². The molecule has 4 atom stereocenters. The summed E-state index contributed by atoms with van der Waals surface area (Å²) in [6.45, 7) is 1.42. The SMILES string of the molecule is CC1=CC(C(CC(=O)O)C(=O)O)CC(C(=O)O)C1C(=O)O. The Hall–Kier alpha value is -2.38. The van der Waals surface area contributed by atoms with Crippen LogP contribution in [0.1, 0.15) is 19.8 Å². The van der Waals surface area contributed by atoms with Gasteiger partial charge >= 0.3 is 23.9 Å². The molecule has 116 valence electrons. The maximum absolute atomic E-state index is 11.2. The van der Waals surface area contributed by atoms with Crippen molar-refractivity contribution in [3.63, 3.8) is 0 Å². The van der Waals surface area contributed by atoms with Gasteiger partial charge in [-0.1, -0.05) is 11.6 Å². The van der Waals surface area contributed by atoms with Crippen molar-refractivity contribution in [1.29, 1.82) is 0 Å². The smallest absolute Gasteiger partial charge is 0.311 e. The molecule has 8 nitrogen and oxygen atoms in total. The highest BCUT2D eigenvalue weighted by molar-refractivity contribution is 5.83. The Bertz CT molecular complexity index is 506. The summed E-state index contributed by atoms with van der Waals surface area (Å²) in [5.41, 5.74) is 0.239. The highest BCUT2D eigenvalue weighted by Gasteiger charge is 2.43. The molecule has 0 aliphatic heterocycles. The predicted molar refractivity (Wildman–Crippen MR) is 67.5 cm³/mol. The molecule has 0 heterocycles. The normalized spacial score (nSPS) is 26.5. The van der Waals surface area contributed by atoms with Crippen LogP contribution in [0.2, 0.25) is 0 Å². The summed E-state index contributed by atoms with van der Waals surface area (Å²) in [7, 11) is 0. The van der Waals surface area contributed by atoms with Crippen LogP contribution in [-0.2, 0) is 19.2 Å². The molecule has 4 unspecified atom stereocenters.